The number of carbonyl (C=O) groups is 2. The largest absolute Gasteiger partial charge is 0.383 e. The molecule has 2 aliphatic rings. The van der Waals surface area contributed by atoms with E-state index in [1.54, 1.807) is 6.20 Å². The summed E-state index contributed by atoms with van der Waals surface area (Å²) in [6, 6.07) is 1.92. The third-order valence-electron chi connectivity index (χ3n) is 5.05. The molecule has 0 aromatic carbocycles. The van der Waals surface area contributed by atoms with Gasteiger partial charge in [0, 0.05) is 38.6 Å². The Labute approximate surface area is 142 Å². The van der Waals surface area contributed by atoms with Gasteiger partial charge in [0.1, 0.15) is 6.10 Å². The van der Waals surface area contributed by atoms with E-state index in [2.05, 4.69) is 5.10 Å². The normalized spacial score (nSPS) is 23.4. The monoisotopic (exact) mass is 334 g/mol. The minimum atomic E-state index is -0.944. The quantitative estimate of drug-likeness (QED) is 0.869. The fourth-order valence-electron chi connectivity index (χ4n) is 3.54. The van der Waals surface area contributed by atoms with E-state index in [4.69, 9.17) is 0 Å². The van der Waals surface area contributed by atoms with E-state index in [9.17, 15) is 14.7 Å². The molecule has 1 aromatic rings. The van der Waals surface area contributed by atoms with Crippen LogP contribution >= 0.6 is 0 Å². The van der Waals surface area contributed by atoms with Crippen LogP contribution < -0.4 is 0 Å². The first-order valence-electron chi connectivity index (χ1n) is 8.85. The lowest BCUT2D eigenvalue weighted by molar-refractivity contribution is -0.145. The number of hydrogen-bond acceptors (Lipinski definition) is 4. The van der Waals surface area contributed by atoms with Crippen LogP contribution in [0.15, 0.2) is 18.5 Å². The Morgan fingerprint density at radius 2 is 2.00 bits per heavy atom. The first-order chi connectivity index (χ1) is 11.6. The molecule has 7 heteroatoms. The predicted octanol–water partition coefficient (Wildman–Crippen LogP) is 0.495. The molecule has 24 heavy (non-hydrogen) atoms. The number of rotatable bonds is 4. The van der Waals surface area contributed by atoms with Crippen molar-refractivity contribution >= 4 is 11.8 Å². The van der Waals surface area contributed by atoms with Gasteiger partial charge < -0.3 is 14.9 Å². The fraction of sp³-hybridized carbons (Fsp3) is 0.706. The lowest BCUT2D eigenvalue weighted by Gasteiger charge is -2.33. The summed E-state index contributed by atoms with van der Waals surface area (Å²) in [6.45, 7) is 3.02. The van der Waals surface area contributed by atoms with Crippen molar-refractivity contribution in [3.05, 3.63) is 18.5 Å². The van der Waals surface area contributed by atoms with Crippen molar-refractivity contribution in [1.82, 2.24) is 19.6 Å². The Bertz CT molecular complexity index is 552. The highest BCUT2D eigenvalue weighted by atomic mass is 16.3. The Balaban J connectivity index is 1.47. The lowest BCUT2D eigenvalue weighted by Crippen LogP contribution is -2.47. The Hall–Kier alpha value is -1.89. The number of piperidine rings is 1. The summed E-state index contributed by atoms with van der Waals surface area (Å²) in [5.41, 5.74) is 0. The van der Waals surface area contributed by atoms with Crippen molar-refractivity contribution in [3.8, 4) is 0 Å². The predicted molar refractivity (Wildman–Crippen MR) is 88.0 cm³/mol. The van der Waals surface area contributed by atoms with Crippen LogP contribution in [0, 0.1) is 5.92 Å². The summed E-state index contributed by atoms with van der Waals surface area (Å²) < 4.78 is 1.94. The zero-order valence-corrected chi connectivity index (χ0v) is 14.0. The van der Waals surface area contributed by atoms with Crippen LogP contribution in [0.25, 0.3) is 0 Å². The van der Waals surface area contributed by atoms with E-state index in [0.717, 1.165) is 45.3 Å². The molecule has 1 unspecified atom stereocenters. The van der Waals surface area contributed by atoms with Gasteiger partial charge in [0.2, 0.25) is 5.91 Å². The minimum Gasteiger partial charge on any atom is -0.383 e. The van der Waals surface area contributed by atoms with E-state index in [1.807, 2.05) is 21.8 Å². The molecule has 3 heterocycles. The van der Waals surface area contributed by atoms with Gasteiger partial charge in [-0.05, 0) is 44.1 Å². The van der Waals surface area contributed by atoms with E-state index in [1.165, 1.54) is 4.90 Å². The van der Waals surface area contributed by atoms with Crippen molar-refractivity contribution < 1.29 is 14.7 Å². The van der Waals surface area contributed by atoms with Gasteiger partial charge in [-0.3, -0.25) is 14.3 Å². The van der Waals surface area contributed by atoms with E-state index in [-0.39, 0.29) is 18.4 Å². The number of aliphatic hydroxyl groups excluding tert-OH is 1. The number of likely N-dealkylation sites (tertiary alicyclic amines) is 2. The second-order valence-electron chi connectivity index (χ2n) is 6.82. The molecule has 0 spiro atoms. The Morgan fingerprint density at radius 3 is 2.71 bits per heavy atom. The van der Waals surface area contributed by atoms with Crippen LogP contribution in [0.4, 0.5) is 0 Å². The molecular formula is C17H26N4O3. The van der Waals surface area contributed by atoms with Gasteiger partial charge in [-0.2, -0.15) is 5.10 Å². The highest BCUT2D eigenvalue weighted by Gasteiger charge is 2.29. The van der Waals surface area contributed by atoms with Crippen molar-refractivity contribution in [2.45, 2.75) is 44.8 Å². The summed E-state index contributed by atoms with van der Waals surface area (Å²) in [5, 5.41) is 14.0. The standard InChI is InChI=1S/C17H26N4O3/c22-15-4-1-2-8-20(17(15)24)13-16(23)19-10-5-14(6-11-19)12-21-9-3-7-18-21/h3,7,9,14-15,22H,1-2,4-6,8,10-13H2. The fourth-order valence-corrected chi connectivity index (χ4v) is 3.54. The molecule has 1 atom stereocenters. The molecule has 0 radical (unpaired) electrons. The van der Waals surface area contributed by atoms with Crippen LogP contribution in [0.2, 0.25) is 0 Å². The van der Waals surface area contributed by atoms with Crippen molar-refractivity contribution in [2.75, 3.05) is 26.2 Å². The second-order valence-corrected chi connectivity index (χ2v) is 6.82. The van der Waals surface area contributed by atoms with Crippen molar-refractivity contribution in [3.63, 3.8) is 0 Å². The topological polar surface area (TPSA) is 78.7 Å². The average molecular weight is 334 g/mol. The van der Waals surface area contributed by atoms with Crippen LogP contribution in [-0.2, 0) is 16.1 Å². The molecule has 0 aliphatic carbocycles. The Kier molecular flexibility index (Phi) is 5.50. The van der Waals surface area contributed by atoms with Crippen LogP contribution in [0.3, 0.4) is 0 Å². The summed E-state index contributed by atoms with van der Waals surface area (Å²) >= 11 is 0. The maximum atomic E-state index is 12.5. The van der Waals surface area contributed by atoms with Gasteiger partial charge in [0.05, 0.1) is 6.54 Å². The van der Waals surface area contributed by atoms with Gasteiger partial charge in [-0.25, -0.2) is 0 Å². The van der Waals surface area contributed by atoms with Crippen molar-refractivity contribution in [1.29, 1.82) is 0 Å². The molecule has 7 nitrogen and oxygen atoms in total. The molecule has 2 fully saturated rings. The molecule has 132 valence electrons. The molecular weight excluding hydrogens is 308 g/mol. The first-order valence-corrected chi connectivity index (χ1v) is 8.85. The smallest absolute Gasteiger partial charge is 0.251 e. The molecule has 2 amide bonds. The maximum Gasteiger partial charge on any atom is 0.251 e. The highest BCUT2D eigenvalue weighted by Crippen LogP contribution is 2.19. The van der Waals surface area contributed by atoms with E-state index >= 15 is 0 Å². The average Bonchev–Trinajstić information content (AvgIpc) is 3.04. The second kappa shape index (κ2) is 7.79. The van der Waals surface area contributed by atoms with Gasteiger partial charge in [-0.15, -0.1) is 0 Å². The molecule has 3 rings (SSSR count). The van der Waals surface area contributed by atoms with E-state index < -0.39 is 6.10 Å². The molecule has 2 aliphatic heterocycles. The van der Waals surface area contributed by atoms with Gasteiger partial charge in [0.15, 0.2) is 0 Å². The summed E-state index contributed by atoms with van der Waals surface area (Å²) in [4.78, 5) is 28.0. The molecule has 1 N–H and O–H groups in total. The summed E-state index contributed by atoms with van der Waals surface area (Å²) in [6.07, 6.45) is 6.91. The lowest BCUT2D eigenvalue weighted by atomic mass is 9.97. The van der Waals surface area contributed by atoms with Crippen LogP contribution in [0.5, 0.6) is 0 Å². The van der Waals surface area contributed by atoms with Crippen LogP contribution in [-0.4, -0.2) is 68.8 Å². The maximum absolute atomic E-state index is 12.5. The van der Waals surface area contributed by atoms with Gasteiger partial charge in [0.25, 0.3) is 5.91 Å². The summed E-state index contributed by atoms with van der Waals surface area (Å²) in [5.74, 6) is 0.236. The van der Waals surface area contributed by atoms with Gasteiger partial charge >= 0.3 is 0 Å². The number of carbonyl (C=O) groups excluding carboxylic acids is 2. The molecule has 0 bridgehead atoms. The third-order valence-corrected chi connectivity index (χ3v) is 5.05. The van der Waals surface area contributed by atoms with Crippen LogP contribution in [0.1, 0.15) is 32.1 Å². The highest BCUT2D eigenvalue weighted by molar-refractivity contribution is 5.87. The molecule has 2 saturated heterocycles. The number of aromatic nitrogens is 2. The SMILES string of the molecule is O=C(CN1CCCCC(O)C1=O)N1CCC(Cn2cccn2)CC1. The summed E-state index contributed by atoms with van der Waals surface area (Å²) in [7, 11) is 0. The van der Waals surface area contributed by atoms with Gasteiger partial charge in [-0.1, -0.05) is 0 Å². The number of nitrogens with zero attached hydrogens (tertiary/aromatic N) is 4. The zero-order chi connectivity index (χ0) is 16.9. The minimum absolute atomic E-state index is 0.00464. The van der Waals surface area contributed by atoms with Crippen molar-refractivity contribution in [2.24, 2.45) is 5.92 Å². The molecule has 1 aromatic heterocycles. The number of aliphatic hydroxyl groups is 1. The third kappa shape index (κ3) is 4.14. The Morgan fingerprint density at radius 1 is 1.21 bits per heavy atom. The number of hydrogen-bond donors (Lipinski definition) is 1. The first kappa shape index (κ1) is 17.0. The molecule has 0 saturated carbocycles. The zero-order valence-electron chi connectivity index (χ0n) is 14.0. The van der Waals surface area contributed by atoms with E-state index in [0.29, 0.717) is 18.9 Å². The number of amides is 2.